The maximum absolute atomic E-state index is 11.9. The summed E-state index contributed by atoms with van der Waals surface area (Å²) < 4.78 is 5.42. The van der Waals surface area contributed by atoms with Gasteiger partial charge in [0.25, 0.3) is 0 Å². The van der Waals surface area contributed by atoms with Crippen LogP contribution in [0, 0.1) is 5.41 Å². The quantitative estimate of drug-likeness (QED) is 0.714. The predicted octanol–water partition coefficient (Wildman–Crippen LogP) is 1.31. The molecule has 0 aromatic rings. The third-order valence-electron chi connectivity index (χ3n) is 3.18. The second kappa shape index (κ2) is 5.83. The second-order valence-corrected chi connectivity index (χ2v) is 6.04. The highest BCUT2D eigenvalue weighted by Crippen LogP contribution is 2.34. The zero-order valence-electron chi connectivity index (χ0n) is 11.6. The fourth-order valence-corrected chi connectivity index (χ4v) is 2.32. The Balaban J connectivity index is 2.52. The van der Waals surface area contributed by atoms with Crippen molar-refractivity contribution in [3.63, 3.8) is 0 Å². The van der Waals surface area contributed by atoms with Gasteiger partial charge in [-0.3, -0.25) is 4.79 Å². The van der Waals surface area contributed by atoms with Crippen LogP contribution in [0.4, 0.5) is 0 Å². The van der Waals surface area contributed by atoms with Gasteiger partial charge in [0, 0.05) is 6.54 Å². The molecule has 1 rings (SSSR count). The van der Waals surface area contributed by atoms with Crippen LogP contribution in [0.25, 0.3) is 0 Å². The van der Waals surface area contributed by atoms with Crippen molar-refractivity contribution in [2.24, 2.45) is 5.41 Å². The number of carbonyl (C=O) groups is 1. The van der Waals surface area contributed by atoms with Crippen LogP contribution in [-0.4, -0.2) is 38.3 Å². The topological polar surface area (TPSA) is 50.4 Å². The monoisotopic (exact) mass is 242 g/mol. The van der Waals surface area contributed by atoms with E-state index in [-0.39, 0.29) is 17.0 Å². The Morgan fingerprint density at radius 1 is 1.47 bits per heavy atom. The zero-order chi connectivity index (χ0) is 12.9. The molecular weight excluding hydrogens is 216 g/mol. The van der Waals surface area contributed by atoms with Crippen molar-refractivity contribution in [2.45, 2.75) is 45.6 Å². The molecular formula is C13H26N2O2. The molecule has 100 valence electrons. The van der Waals surface area contributed by atoms with E-state index in [9.17, 15) is 4.79 Å². The minimum Gasteiger partial charge on any atom is -0.460 e. The fraction of sp³-hybridized carbons (Fsp3) is 0.923. The summed E-state index contributed by atoms with van der Waals surface area (Å²) in [6, 6.07) is 0. The van der Waals surface area contributed by atoms with E-state index >= 15 is 0 Å². The lowest BCUT2D eigenvalue weighted by molar-refractivity contribution is -0.157. The Morgan fingerprint density at radius 3 is 2.65 bits per heavy atom. The smallest absolute Gasteiger partial charge is 0.306 e. The number of hydrogen-bond donors (Lipinski definition) is 2. The standard InChI is InChI=1S/C13H26N2O2/c1-12(2,3)17-11(16)9-13(5-7-14-4)6-8-15-10-13/h14-15H,5-10H2,1-4H3. The highest BCUT2D eigenvalue weighted by molar-refractivity contribution is 5.70. The molecule has 1 aliphatic heterocycles. The lowest BCUT2D eigenvalue weighted by Crippen LogP contribution is -2.33. The van der Waals surface area contributed by atoms with Gasteiger partial charge in [-0.2, -0.15) is 0 Å². The average molecular weight is 242 g/mol. The van der Waals surface area contributed by atoms with E-state index in [4.69, 9.17) is 4.74 Å². The molecule has 4 heteroatoms. The molecule has 0 saturated carbocycles. The molecule has 0 aromatic carbocycles. The van der Waals surface area contributed by atoms with Crippen molar-refractivity contribution in [2.75, 3.05) is 26.7 Å². The Kier molecular flexibility index (Phi) is 4.95. The molecule has 0 aromatic heterocycles. The summed E-state index contributed by atoms with van der Waals surface area (Å²) in [6.07, 6.45) is 2.61. The van der Waals surface area contributed by atoms with Gasteiger partial charge in [-0.05, 0) is 59.2 Å². The van der Waals surface area contributed by atoms with Crippen LogP contribution in [0.2, 0.25) is 0 Å². The normalized spacial score (nSPS) is 24.9. The van der Waals surface area contributed by atoms with E-state index in [1.165, 1.54) is 0 Å². The minimum absolute atomic E-state index is 0.0719. The summed E-state index contributed by atoms with van der Waals surface area (Å²) in [5.74, 6) is -0.0719. The first-order valence-electron chi connectivity index (χ1n) is 6.44. The molecule has 1 fully saturated rings. The maximum atomic E-state index is 11.9. The van der Waals surface area contributed by atoms with E-state index in [2.05, 4.69) is 10.6 Å². The molecule has 0 bridgehead atoms. The van der Waals surface area contributed by atoms with Crippen LogP contribution in [0.3, 0.4) is 0 Å². The van der Waals surface area contributed by atoms with Gasteiger partial charge in [-0.25, -0.2) is 0 Å². The van der Waals surface area contributed by atoms with Crippen LogP contribution in [-0.2, 0) is 9.53 Å². The number of nitrogens with one attached hydrogen (secondary N) is 2. The SMILES string of the molecule is CNCCC1(CC(=O)OC(C)(C)C)CCNC1. The van der Waals surface area contributed by atoms with Crippen LogP contribution in [0.1, 0.15) is 40.0 Å². The maximum Gasteiger partial charge on any atom is 0.306 e. The molecule has 17 heavy (non-hydrogen) atoms. The van der Waals surface area contributed by atoms with Gasteiger partial charge in [-0.15, -0.1) is 0 Å². The van der Waals surface area contributed by atoms with Crippen LogP contribution in [0.5, 0.6) is 0 Å². The molecule has 2 N–H and O–H groups in total. The van der Waals surface area contributed by atoms with Gasteiger partial charge in [0.05, 0.1) is 6.42 Å². The van der Waals surface area contributed by atoms with Crippen LogP contribution in [0.15, 0.2) is 0 Å². The molecule has 4 nitrogen and oxygen atoms in total. The van der Waals surface area contributed by atoms with E-state index < -0.39 is 0 Å². The van der Waals surface area contributed by atoms with Gasteiger partial charge in [0.2, 0.25) is 0 Å². The summed E-state index contributed by atoms with van der Waals surface area (Å²) in [6.45, 7) is 8.62. The van der Waals surface area contributed by atoms with Crippen LogP contribution >= 0.6 is 0 Å². The molecule has 0 amide bonds. The predicted molar refractivity (Wildman–Crippen MR) is 68.9 cm³/mol. The van der Waals surface area contributed by atoms with E-state index in [0.717, 1.165) is 32.5 Å². The van der Waals surface area contributed by atoms with Gasteiger partial charge in [0.15, 0.2) is 0 Å². The number of hydrogen-bond acceptors (Lipinski definition) is 4. The summed E-state index contributed by atoms with van der Waals surface area (Å²) in [5, 5.41) is 6.52. The first-order valence-corrected chi connectivity index (χ1v) is 6.44. The minimum atomic E-state index is -0.382. The molecule has 1 atom stereocenters. The molecule has 1 unspecified atom stereocenters. The van der Waals surface area contributed by atoms with Crippen molar-refractivity contribution >= 4 is 5.97 Å². The van der Waals surface area contributed by atoms with Crippen molar-refractivity contribution in [1.29, 1.82) is 0 Å². The Labute approximate surface area is 104 Å². The van der Waals surface area contributed by atoms with E-state index in [1.807, 2.05) is 27.8 Å². The molecule has 1 saturated heterocycles. The van der Waals surface area contributed by atoms with Gasteiger partial charge in [0.1, 0.15) is 5.60 Å². The van der Waals surface area contributed by atoms with E-state index in [0.29, 0.717) is 6.42 Å². The summed E-state index contributed by atoms with van der Waals surface area (Å²) in [7, 11) is 1.95. The summed E-state index contributed by atoms with van der Waals surface area (Å²) in [5.41, 5.74) is -0.293. The lowest BCUT2D eigenvalue weighted by atomic mass is 9.80. The van der Waals surface area contributed by atoms with E-state index in [1.54, 1.807) is 0 Å². The first-order chi connectivity index (χ1) is 7.87. The Hall–Kier alpha value is -0.610. The van der Waals surface area contributed by atoms with Crippen molar-refractivity contribution in [1.82, 2.24) is 10.6 Å². The van der Waals surface area contributed by atoms with Gasteiger partial charge >= 0.3 is 5.97 Å². The Bertz CT molecular complexity index is 253. The number of carbonyl (C=O) groups excluding carboxylic acids is 1. The zero-order valence-corrected chi connectivity index (χ0v) is 11.6. The van der Waals surface area contributed by atoms with Gasteiger partial charge in [-0.1, -0.05) is 0 Å². The summed E-state index contributed by atoms with van der Waals surface area (Å²) >= 11 is 0. The second-order valence-electron chi connectivity index (χ2n) is 6.04. The van der Waals surface area contributed by atoms with Crippen LogP contribution < -0.4 is 10.6 Å². The fourth-order valence-electron chi connectivity index (χ4n) is 2.32. The first kappa shape index (κ1) is 14.5. The number of ether oxygens (including phenoxy) is 1. The Morgan fingerprint density at radius 2 is 2.18 bits per heavy atom. The molecule has 0 aliphatic carbocycles. The van der Waals surface area contributed by atoms with Crippen molar-refractivity contribution < 1.29 is 9.53 Å². The highest BCUT2D eigenvalue weighted by Gasteiger charge is 2.36. The molecule has 1 aliphatic rings. The number of rotatable bonds is 5. The van der Waals surface area contributed by atoms with Crippen molar-refractivity contribution in [3.8, 4) is 0 Å². The molecule has 0 spiro atoms. The van der Waals surface area contributed by atoms with Gasteiger partial charge < -0.3 is 15.4 Å². The summed E-state index contributed by atoms with van der Waals surface area (Å²) in [4.78, 5) is 11.9. The molecule has 0 radical (unpaired) electrons. The average Bonchev–Trinajstić information content (AvgIpc) is 2.60. The third kappa shape index (κ3) is 5.04. The largest absolute Gasteiger partial charge is 0.460 e. The lowest BCUT2D eigenvalue weighted by Gasteiger charge is -2.29. The number of esters is 1. The van der Waals surface area contributed by atoms with Crippen molar-refractivity contribution in [3.05, 3.63) is 0 Å². The third-order valence-corrected chi connectivity index (χ3v) is 3.18. The molecule has 1 heterocycles. The highest BCUT2D eigenvalue weighted by atomic mass is 16.6.